The van der Waals surface area contributed by atoms with Crippen LogP contribution in [0.15, 0.2) is 18.2 Å². The van der Waals surface area contributed by atoms with Gasteiger partial charge in [-0.15, -0.1) is 0 Å². The molecule has 0 amide bonds. The van der Waals surface area contributed by atoms with E-state index in [4.69, 9.17) is 11.6 Å². The molecule has 0 aromatic heterocycles. The van der Waals surface area contributed by atoms with Crippen molar-refractivity contribution in [2.75, 3.05) is 6.54 Å². The third-order valence-corrected chi connectivity index (χ3v) is 2.78. The highest BCUT2D eigenvalue weighted by Gasteiger charge is 2.25. The number of nitrogens with one attached hydrogen (secondary N) is 1. The quantitative estimate of drug-likeness (QED) is 0.606. The van der Waals surface area contributed by atoms with Gasteiger partial charge in [0, 0.05) is 23.6 Å². The molecule has 18 heavy (non-hydrogen) atoms. The summed E-state index contributed by atoms with van der Waals surface area (Å²) in [5.41, 5.74) is 0.343. The summed E-state index contributed by atoms with van der Waals surface area (Å²) in [5.74, 6) is -0.412. The van der Waals surface area contributed by atoms with E-state index in [1.807, 2.05) is 0 Å². The predicted molar refractivity (Wildman–Crippen MR) is 63.0 cm³/mol. The number of rotatable bonds is 6. The third-order valence-electron chi connectivity index (χ3n) is 2.43. The molecule has 1 nitrogen and oxygen atoms in total. The van der Waals surface area contributed by atoms with E-state index in [0.29, 0.717) is 23.6 Å². The topological polar surface area (TPSA) is 12.0 Å². The highest BCUT2D eigenvalue weighted by Crippen LogP contribution is 2.22. The Morgan fingerprint density at radius 1 is 1.17 bits per heavy atom. The number of hydrogen-bond acceptors (Lipinski definition) is 1. The van der Waals surface area contributed by atoms with Crippen LogP contribution in [0.1, 0.15) is 24.8 Å². The van der Waals surface area contributed by atoms with Crippen molar-refractivity contribution >= 4 is 11.6 Å². The van der Waals surface area contributed by atoms with Crippen molar-refractivity contribution in [3.63, 3.8) is 0 Å². The molecule has 1 N–H and O–H groups in total. The van der Waals surface area contributed by atoms with Gasteiger partial charge in [0.05, 0.1) is 0 Å². The summed E-state index contributed by atoms with van der Waals surface area (Å²) in [7, 11) is 0. The molecule has 1 aromatic rings. The summed E-state index contributed by atoms with van der Waals surface area (Å²) < 4.78 is 48.9. The van der Waals surface area contributed by atoms with Crippen LogP contribution in [0.3, 0.4) is 0 Å². The highest BCUT2D eigenvalue weighted by atomic mass is 35.5. The van der Waals surface area contributed by atoms with Crippen LogP contribution in [-0.4, -0.2) is 12.7 Å². The second-order valence-electron chi connectivity index (χ2n) is 3.95. The average molecular weight is 284 g/mol. The first-order valence-electron chi connectivity index (χ1n) is 5.60. The first-order valence-corrected chi connectivity index (χ1v) is 5.98. The van der Waals surface area contributed by atoms with Crippen LogP contribution in [-0.2, 0) is 6.54 Å². The van der Waals surface area contributed by atoms with Crippen molar-refractivity contribution in [1.82, 2.24) is 5.32 Å². The second-order valence-corrected chi connectivity index (χ2v) is 4.36. The molecule has 0 bridgehead atoms. The summed E-state index contributed by atoms with van der Waals surface area (Å²) in [6.45, 7) is 0.623. The fourth-order valence-electron chi connectivity index (χ4n) is 1.49. The standard InChI is InChI=1S/C12H14ClF4N/c13-10-4-3-5-11(14)9(10)8-18-7-2-1-6-12(15,16)17/h3-5,18H,1-2,6-8H2. The van der Waals surface area contributed by atoms with E-state index >= 15 is 0 Å². The molecule has 0 radical (unpaired) electrons. The zero-order chi connectivity index (χ0) is 13.6. The first kappa shape index (κ1) is 15.2. The van der Waals surface area contributed by atoms with Crippen LogP contribution < -0.4 is 5.32 Å². The monoisotopic (exact) mass is 283 g/mol. The number of benzene rings is 1. The Morgan fingerprint density at radius 3 is 2.50 bits per heavy atom. The minimum Gasteiger partial charge on any atom is -0.313 e. The molecule has 0 saturated carbocycles. The molecule has 0 aliphatic heterocycles. The fraction of sp³-hybridized carbons (Fsp3) is 0.500. The summed E-state index contributed by atoms with van der Waals surface area (Å²) in [4.78, 5) is 0. The Bertz CT molecular complexity index is 359. The molecular weight excluding hydrogens is 270 g/mol. The molecule has 1 rings (SSSR count). The zero-order valence-electron chi connectivity index (χ0n) is 9.66. The van der Waals surface area contributed by atoms with E-state index < -0.39 is 18.4 Å². The molecule has 0 heterocycles. The van der Waals surface area contributed by atoms with Crippen LogP contribution in [0.5, 0.6) is 0 Å². The van der Waals surface area contributed by atoms with Gasteiger partial charge in [-0.05, 0) is 31.5 Å². The SMILES string of the molecule is Fc1cccc(Cl)c1CNCCCCC(F)(F)F. The maximum Gasteiger partial charge on any atom is 0.389 e. The Kier molecular flexibility index (Phi) is 5.88. The maximum atomic E-state index is 13.3. The zero-order valence-corrected chi connectivity index (χ0v) is 10.4. The van der Waals surface area contributed by atoms with E-state index in [2.05, 4.69) is 5.32 Å². The van der Waals surface area contributed by atoms with E-state index in [1.54, 1.807) is 6.07 Å². The number of halogens is 5. The van der Waals surface area contributed by atoms with Crippen LogP contribution in [0, 0.1) is 5.82 Å². The lowest BCUT2D eigenvalue weighted by Gasteiger charge is -2.08. The molecule has 0 atom stereocenters. The summed E-state index contributed by atoms with van der Waals surface area (Å²) >= 11 is 5.80. The van der Waals surface area contributed by atoms with Crippen molar-refractivity contribution in [3.05, 3.63) is 34.6 Å². The molecule has 0 aliphatic rings. The lowest BCUT2D eigenvalue weighted by Crippen LogP contribution is -2.17. The predicted octanol–water partition coefficient (Wildman–Crippen LogP) is 4.30. The third kappa shape index (κ3) is 5.69. The van der Waals surface area contributed by atoms with E-state index in [9.17, 15) is 17.6 Å². The number of alkyl halides is 3. The smallest absolute Gasteiger partial charge is 0.313 e. The highest BCUT2D eigenvalue weighted by molar-refractivity contribution is 6.31. The van der Waals surface area contributed by atoms with Gasteiger partial charge in [-0.3, -0.25) is 0 Å². The lowest BCUT2D eigenvalue weighted by atomic mass is 10.2. The molecule has 0 saturated heterocycles. The molecule has 102 valence electrons. The van der Waals surface area contributed by atoms with Crippen LogP contribution in [0.2, 0.25) is 5.02 Å². The van der Waals surface area contributed by atoms with Gasteiger partial charge < -0.3 is 5.32 Å². The van der Waals surface area contributed by atoms with E-state index in [0.717, 1.165) is 0 Å². The van der Waals surface area contributed by atoms with Crippen molar-refractivity contribution in [2.45, 2.75) is 32.0 Å². The van der Waals surface area contributed by atoms with Gasteiger partial charge >= 0.3 is 6.18 Å². The number of hydrogen-bond donors (Lipinski definition) is 1. The molecule has 6 heteroatoms. The van der Waals surface area contributed by atoms with E-state index in [1.165, 1.54) is 12.1 Å². The fourth-order valence-corrected chi connectivity index (χ4v) is 1.72. The van der Waals surface area contributed by atoms with Crippen molar-refractivity contribution in [3.8, 4) is 0 Å². The summed E-state index contributed by atoms with van der Waals surface area (Å²) in [5, 5.41) is 3.20. The van der Waals surface area contributed by atoms with Crippen LogP contribution in [0.4, 0.5) is 17.6 Å². The van der Waals surface area contributed by atoms with Crippen LogP contribution >= 0.6 is 11.6 Å². The molecule has 1 aromatic carbocycles. The summed E-state index contributed by atoms with van der Waals surface area (Å²) in [6.07, 6.45) is -4.42. The summed E-state index contributed by atoms with van der Waals surface area (Å²) in [6, 6.07) is 4.38. The molecule has 0 aliphatic carbocycles. The molecule has 0 unspecified atom stereocenters. The van der Waals surface area contributed by atoms with Gasteiger partial charge in [0.1, 0.15) is 5.82 Å². The second kappa shape index (κ2) is 6.95. The molecular formula is C12H14ClF4N. The normalized spacial score (nSPS) is 11.8. The number of unbranched alkanes of at least 4 members (excludes halogenated alkanes) is 1. The van der Waals surface area contributed by atoms with Gasteiger partial charge in [-0.1, -0.05) is 17.7 Å². The average Bonchev–Trinajstić information content (AvgIpc) is 2.25. The van der Waals surface area contributed by atoms with Gasteiger partial charge in [0.25, 0.3) is 0 Å². The maximum absolute atomic E-state index is 13.3. The van der Waals surface area contributed by atoms with Crippen molar-refractivity contribution in [1.29, 1.82) is 0 Å². The van der Waals surface area contributed by atoms with Crippen molar-refractivity contribution in [2.24, 2.45) is 0 Å². The van der Waals surface area contributed by atoms with Gasteiger partial charge in [-0.2, -0.15) is 13.2 Å². The molecule has 0 spiro atoms. The minimum atomic E-state index is -4.10. The minimum absolute atomic E-state index is 0.0709. The Labute approximate surface area is 108 Å². The largest absolute Gasteiger partial charge is 0.389 e. The Hall–Kier alpha value is -0.810. The first-order chi connectivity index (χ1) is 8.40. The Balaban J connectivity index is 2.22. The van der Waals surface area contributed by atoms with Gasteiger partial charge in [0.2, 0.25) is 0 Å². The Morgan fingerprint density at radius 2 is 1.89 bits per heavy atom. The van der Waals surface area contributed by atoms with Crippen molar-refractivity contribution < 1.29 is 17.6 Å². The van der Waals surface area contributed by atoms with Gasteiger partial charge in [-0.25, -0.2) is 4.39 Å². The lowest BCUT2D eigenvalue weighted by molar-refractivity contribution is -0.135. The van der Waals surface area contributed by atoms with Crippen LogP contribution in [0.25, 0.3) is 0 Å². The van der Waals surface area contributed by atoms with Gasteiger partial charge in [0.15, 0.2) is 0 Å². The van der Waals surface area contributed by atoms with E-state index in [-0.39, 0.29) is 13.0 Å². The molecule has 0 fully saturated rings.